The molecule has 8 heteroatoms. The van der Waals surface area contributed by atoms with E-state index in [1.165, 1.54) is 11.8 Å². The van der Waals surface area contributed by atoms with Gasteiger partial charge in [-0.3, -0.25) is 4.79 Å². The number of nitrogens with zero attached hydrogens (tertiary/aromatic N) is 4. The molecule has 0 amide bonds. The number of para-hydroxylation sites is 1. The SMILES string of the molecule is CC[C@H](C)c1nc2ccc(Br)cc2c(=O)n1N=Cc1cn([C@H](C)C(=O)OC)c2ccccc12. The van der Waals surface area contributed by atoms with Gasteiger partial charge in [0.15, 0.2) is 0 Å². The molecular formula is C25H25BrN4O3. The summed E-state index contributed by atoms with van der Waals surface area (Å²) in [4.78, 5) is 30.3. The van der Waals surface area contributed by atoms with E-state index < -0.39 is 6.04 Å². The van der Waals surface area contributed by atoms with Crippen LogP contribution in [0.4, 0.5) is 0 Å². The molecule has 0 aliphatic heterocycles. The van der Waals surface area contributed by atoms with E-state index in [1.54, 1.807) is 19.2 Å². The second-order valence-corrected chi connectivity index (χ2v) is 8.93. The van der Waals surface area contributed by atoms with Crippen molar-refractivity contribution >= 4 is 49.9 Å². The molecule has 2 atom stereocenters. The molecule has 0 unspecified atom stereocenters. The molecule has 0 radical (unpaired) electrons. The monoisotopic (exact) mass is 508 g/mol. The first kappa shape index (κ1) is 22.9. The Kier molecular flexibility index (Phi) is 6.47. The summed E-state index contributed by atoms with van der Waals surface area (Å²) in [5.74, 6) is 0.322. The molecule has 0 bridgehead atoms. The van der Waals surface area contributed by atoms with Crippen LogP contribution in [-0.4, -0.2) is 33.5 Å². The highest BCUT2D eigenvalue weighted by molar-refractivity contribution is 9.10. The maximum absolute atomic E-state index is 13.4. The number of carbonyl (C=O) groups excluding carboxylic acids is 1. The molecule has 0 spiro atoms. The van der Waals surface area contributed by atoms with Crippen LogP contribution >= 0.6 is 15.9 Å². The molecule has 0 N–H and O–H groups in total. The zero-order valence-electron chi connectivity index (χ0n) is 18.9. The maximum Gasteiger partial charge on any atom is 0.328 e. The van der Waals surface area contributed by atoms with Crippen LogP contribution in [0.1, 0.15) is 50.5 Å². The fraction of sp³-hybridized carbons (Fsp3) is 0.280. The Morgan fingerprint density at radius 3 is 2.70 bits per heavy atom. The Morgan fingerprint density at radius 2 is 1.97 bits per heavy atom. The van der Waals surface area contributed by atoms with Crippen LogP contribution in [0, 0.1) is 0 Å². The predicted molar refractivity (Wildman–Crippen MR) is 134 cm³/mol. The van der Waals surface area contributed by atoms with E-state index in [4.69, 9.17) is 9.72 Å². The van der Waals surface area contributed by atoms with Gasteiger partial charge in [0.1, 0.15) is 11.9 Å². The summed E-state index contributed by atoms with van der Waals surface area (Å²) in [5, 5.41) is 6.00. The van der Waals surface area contributed by atoms with E-state index >= 15 is 0 Å². The number of esters is 1. The Morgan fingerprint density at radius 1 is 1.21 bits per heavy atom. The fourth-order valence-corrected chi connectivity index (χ4v) is 4.20. The van der Waals surface area contributed by atoms with E-state index in [2.05, 4.69) is 28.0 Å². The zero-order chi connectivity index (χ0) is 23.7. The van der Waals surface area contributed by atoms with Gasteiger partial charge in [0.25, 0.3) is 5.56 Å². The van der Waals surface area contributed by atoms with E-state index in [-0.39, 0.29) is 17.4 Å². The first-order chi connectivity index (χ1) is 15.8. The third-order valence-corrected chi connectivity index (χ3v) is 6.42. The van der Waals surface area contributed by atoms with Crippen LogP contribution in [0.3, 0.4) is 0 Å². The van der Waals surface area contributed by atoms with Crippen molar-refractivity contribution in [3.05, 3.63) is 74.9 Å². The highest BCUT2D eigenvalue weighted by atomic mass is 79.9. The van der Waals surface area contributed by atoms with Gasteiger partial charge in [-0.15, -0.1) is 0 Å². The third kappa shape index (κ3) is 4.23. The molecule has 170 valence electrons. The van der Waals surface area contributed by atoms with Gasteiger partial charge < -0.3 is 9.30 Å². The van der Waals surface area contributed by atoms with Crippen molar-refractivity contribution in [1.29, 1.82) is 0 Å². The highest BCUT2D eigenvalue weighted by Gasteiger charge is 2.19. The minimum absolute atomic E-state index is 0.0450. The molecule has 2 aromatic heterocycles. The van der Waals surface area contributed by atoms with Gasteiger partial charge in [0.2, 0.25) is 0 Å². The van der Waals surface area contributed by atoms with E-state index in [0.717, 1.165) is 27.4 Å². The Labute approximate surface area is 199 Å². The van der Waals surface area contributed by atoms with Crippen LogP contribution in [0.5, 0.6) is 0 Å². The van der Waals surface area contributed by atoms with Crippen LogP contribution in [0.2, 0.25) is 0 Å². The molecule has 2 heterocycles. The Bertz CT molecular complexity index is 1440. The number of hydrogen-bond acceptors (Lipinski definition) is 5. The zero-order valence-corrected chi connectivity index (χ0v) is 20.5. The lowest BCUT2D eigenvalue weighted by atomic mass is 10.1. The van der Waals surface area contributed by atoms with Gasteiger partial charge in [0, 0.05) is 33.1 Å². The lowest BCUT2D eigenvalue weighted by molar-refractivity contribution is -0.143. The first-order valence-electron chi connectivity index (χ1n) is 10.8. The molecule has 4 aromatic rings. The van der Waals surface area contributed by atoms with Crippen molar-refractivity contribution in [2.24, 2.45) is 5.10 Å². The molecule has 4 rings (SSSR count). The number of halogens is 1. The van der Waals surface area contributed by atoms with Crippen molar-refractivity contribution < 1.29 is 9.53 Å². The van der Waals surface area contributed by atoms with Gasteiger partial charge in [-0.1, -0.05) is 48.0 Å². The van der Waals surface area contributed by atoms with Crippen molar-refractivity contribution in [3.63, 3.8) is 0 Å². The topological polar surface area (TPSA) is 78.5 Å². The summed E-state index contributed by atoms with van der Waals surface area (Å²) in [5.41, 5.74) is 2.09. The van der Waals surface area contributed by atoms with Crippen LogP contribution in [0.25, 0.3) is 21.8 Å². The summed E-state index contributed by atoms with van der Waals surface area (Å²) in [6.45, 7) is 5.87. The molecule has 7 nitrogen and oxygen atoms in total. The average molecular weight is 509 g/mol. The van der Waals surface area contributed by atoms with E-state index in [1.807, 2.05) is 54.1 Å². The lowest BCUT2D eigenvalue weighted by Gasteiger charge is -2.13. The summed E-state index contributed by atoms with van der Waals surface area (Å²) in [6.07, 6.45) is 4.33. The minimum Gasteiger partial charge on any atom is -0.467 e. The summed E-state index contributed by atoms with van der Waals surface area (Å²) in [6, 6.07) is 12.7. The number of aromatic nitrogens is 3. The van der Waals surface area contributed by atoms with Gasteiger partial charge in [0.05, 0.1) is 24.2 Å². The molecule has 0 saturated heterocycles. The van der Waals surface area contributed by atoms with E-state index in [9.17, 15) is 9.59 Å². The number of benzene rings is 2. The van der Waals surface area contributed by atoms with Crippen molar-refractivity contribution in [1.82, 2.24) is 14.2 Å². The van der Waals surface area contributed by atoms with Gasteiger partial charge in [-0.05, 0) is 37.6 Å². The van der Waals surface area contributed by atoms with Gasteiger partial charge >= 0.3 is 5.97 Å². The smallest absolute Gasteiger partial charge is 0.328 e. The van der Waals surface area contributed by atoms with Crippen molar-refractivity contribution in [2.75, 3.05) is 7.11 Å². The highest BCUT2D eigenvalue weighted by Crippen LogP contribution is 2.25. The summed E-state index contributed by atoms with van der Waals surface area (Å²) < 4.78 is 8.98. The second kappa shape index (κ2) is 9.31. The van der Waals surface area contributed by atoms with Crippen LogP contribution < -0.4 is 5.56 Å². The minimum atomic E-state index is -0.500. The predicted octanol–water partition coefficient (Wildman–Crippen LogP) is 5.24. The number of hydrogen-bond donors (Lipinski definition) is 0. The number of carbonyl (C=O) groups is 1. The molecular weight excluding hydrogens is 484 g/mol. The molecule has 0 aliphatic carbocycles. The lowest BCUT2D eigenvalue weighted by Crippen LogP contribution is -2.23. The number of ether oxygens (including phenoxy) is 1. The number of methoxy groups -OCH3 is 1. The number of fused-ring (bicyclic) bond motifs is 2. The molecule has 2 aromatic carbocycles. The Hall–Kier alpha value is -3.26. The fourth-order valence-electron chi connectivity index (χ4n) is 3.84. The summed E-state index contributed by atoms with van der Waals surface area (Å²) >= 11 is 3.43. The van der Waals surface area contributed by atoms with Crippen LogP contribution in [-0.2, 0) is 9.53 Å². The normalized spacial score (nSPS) is 13.6. The summed E-state index contributed by atoms with van der Waals surface area (Å²) in [7, 11) is 1.38. The maximum atomic E-state index is 13.4. The first-order valence-corrected chi connectivity index (χ1v) is 11.6. The molecule has 0 fully saturated rings. The third-order valence-electron chi connectivity index (χ3n) is 5.93. The van der Waals surface area contributed by atoms with Gasteiger partial charge in [-0.25, -0.2) is 9.78 Å². The molecule has 33 heavy (non-hydrogen) atoms. The Balaban J connectivity index is 1.89. The molecule has 0 saturated carbocycles. The number of rotatable bonds is 6. The van der Waals surface area contributed by atoms with Crippen LogP contribution in [0.15, 0.2) is 63.0 Å². The standard InChI is InChI=1S/C25H25BrN4O3/c1-5-15(2)23-28-21-11-10-18(26)12-20(21)24(31)30(23)27-13-17-14-29(16(3)25(32)33-4)22-9-7-6-8-19(17)22/h6-16H,5H2,1-4H3/t15-,16+/m0/s1. The van der Waals surface area contributed by atoms with E-state index in [0.29, 0.717) is 16.7 Å². The molecule has 0 aliphatic rings. The quantitative estimate of drug-likeness (QED) is 0.263. The second-order valence-electron chi connectivity index (χ2n) is 8.01. The van der Waals surface area contributed by atoms with Crippen molar-refractivity contribution in [2.45, 2.75) is 39.2 Å². The average Bonchev–Trinajstić information content (AvgIpc) is 3.20. The largest absolute Gasteiger partial charge is 0.467 e. The van der Waals surface area contributed by atoms with Gasteiger partial charge in [-0.2, -0.15) is 9.78 Å². The van der Waals surface area contributed by atoms with Crippen molar-refractivity contribution in [3.8, 4) is 0 Å².